The van der Waals surface area contributed by atoms with Crippen molar-refractivity contribution in [3.8, 4) is 0 Å². The Bertz CT molecular complexity index is 906. The fourth-order valence-electron chi connectivity index (χ4n) is 2.93. The summed E-state index contributed by atoms with van der Waals surface area (Å²) < 4.78 is 0. The fraction of sp³-hybridized carbons (Fsp3) is 0.273. The topological polar surface area (TPSA) is 52.7 Å². The van der Waals surface area contributed by atoms with E-state index in [0.717, 1.165) is 24.2 Å². The van der Waals surface area contributed by atoms with Gasteiger partial charge in [-0.15, -0.1) is 0 Å². The zero-order chi connectivity index (χ0) is 20.3. The van der Waals surface area contributed by atoms with Gasteiger partial charge < -0.3 is 4.90 Å². The quantitative estimate of drug-likeness (QED) is 0.584. The molecule has 0 radical (unpaired) electrons. The molecule has 0 saturated carbocycles. The highest BCUT2D eigenvalue weighted by Crippen LogP contribution is 2.24. The Labute approximate surface area is 170 Å². The van der Waals surface area contributed by atoms with E-state index in [0.29, 0.717) is 16.6 Å². The lowest BCUT2D eigenvalue weighted by molar-refractivity contribution is -0.117. The number of hydrazine groups is 1. The minimum absolute atomic E-state index is 0.0980. The summed E-state index contributed by atoms with van der Waals surface area (Å²) in [5.74, 6) is -0.172. The maximum atomic E-state index is 12.7. The molecular formula is C22H24ClN3O2. The summed E-state index contributed by atoms with van der Waals surface area (Å²) in [6.07, 6.45) is 2.73. The average molecular weight is 398 g/mol. The Morgan fingerprint density at radius 2 is 1.86 bits per heavy atom. The summed E-state index contributed by atoms with van der Waals surface area (Å²) in [7, 11) is 2.06. The number of nitrogens with zero attached hydrogens (tertiary/aromatic N) is 2. The van der Waals surface area contributed by atoms with Crippen LogP contribution in [0.15, 0.2) is 54.1 Å². The summed E-state index contributed by atoms with van der Waals surface area (Å²) in [5, 5.41) is 1.71. The van der Waals surface area contributed by atoms with Crippen LogP contribution in [0.5, 0.6) is 0 Å². The molecule has 2 aromatic rings. The van der Waals surface area contributed by atoms with E-state index in [1.807, 2.05) is 24.3 Å². The molecule has 1 N–H and O–H groups in total. The Kier molecular flexibility index (Phi) is 6.05. The van der Waals surface area contributed by atoms with Gasteiger partial charge in [0.05, 0.1) is 5.69 Å². The first kappa shape index (κ1) is 20.0. The van der Waals surface area contributed by atoms with Crippen molar-refractivity contribution in [3.63, 3.8) is 0 Å². The summed E-state index contributed by atoms with van der Waals surface area (Å²) in [5.41, 5.74) is 5.11. The van der Waals surface area contributed by atoms with Crippen molar-refractivity contribution in [2.45, 2.75) is 20.3 Å². The highest BCUT2D eigenvalue weighted by molar-refractivity contribution is 6.33. The number of carbonyl (C=O) groups excluding carboxylic acids is 2. The average Bonchev–Trinajstić information content (AvgIpc) is 2.95. The molecule has 1 heterocycles. The van der Waals surface area contributed by atoms with Gasteiger partial charge in [0.25, 0.3) is 11.8 Å². The molecule has 28 heavy (non-hydrogen) atoms. The second-order valence-electron chi connectivity index (χ2n) is 7.31. The number of hydrogen-bond donors (Lipinski definition) is 1. The van der Waals surface area contributed by atoms with E-state index >= 15 is 0 Å². The molecule has 146 valence electrons. The summed E-state index contributed by atoms with van der Waals surface area (Å²) in [6, 6.07) is 14.6. The molecular weight excluding hydrogens is 374 g/mol. The van der Waals surface area contributed by atoms with Gasteiger partial charge >= 0.3 is 0 Å². The lowest BCUT2D eigenvalue weighted by Crippen LogP contribution is -2.35. The predicted molar refractivity (Wildman–Crippen MR) is 114 cm³/mol. The van der Waals surface area contributed by atoms with E-state index in [9.17, 15) is 9.59 Å². The van der Waals surface area contributed by atoms with Crippen LogP contribution >= 0.6 is 11.6 Å². The molecule has 0 bridgehead atoms. The maximum absolute atomic E-state index is 12.7. The van der Waals surface area contributed by atoms with Gasteiger partial charge in [-0.25, -0.2) is 5.01 Å². The number of hydrogen-bond acceptors (Lipinski definition) is 3. The standard InChI is InChI=1S/C22H24ClN3O2/c1-15(2)11-12-25(3)18-9-7-16(8-10-18)13-20-21(27)24-26(22(20)28)19-6-4-5-17(23)14-19/h4-10,13-15H,11-12H2,1-3H3,(H,24,27). The molecule has 3 rings (SSSR count). The zero-order valence-corrected chi connectivity index (χ0v) is 17.0. The molecule has 0 aliphatic carbocycles. The van der Waals surface area contributed by atoms with Crippen molar-refractivity contribution in [2.75, 3.05) is 23.5 Å². The molecule has 2 amide bonds. The van der Waals surface area contributed by atoms with Crippen molar-refractivity contribution < 1.29 is 9.59 Å². The number of benzene rings is 2. The Hall–Kier alpha value is -2.79. The first-order valence-corrected chi connectivity index (χ1v) is 9.67. The molecule has 1 aliphatic rings. The third-order valence-corrected chi connectivity index (χ3v) is 4.88. The molecule has 1 saturated heterocycles. The minimum Gasteiger partial charge on any atom is -0.375 e. The van der Waals surface area contributed by atoms with Crippen LogP contribution in [0.3, 0.4) is 0 Å². The number of nitrogens with one attached hydrogen (secondary N) is 1. The normalized spacial score (nSPS) is 15.5. The second-order valence-corrected chi connectivity index (χ2v) is 7.75. The monoisotopic (exact) mass is 397 g/mol. The molecule has 6 heteroatoms. The molecule has 0 spiro atoms. The zero-order valence-electron chi connectivity index (χ0n) is 16.3. The van der Waals surface area contributed by atoms with Crippen molar-refractivity contribution in [1.29, 1.82) is 0 Å². The molecule has 1 aliphatic heterocycles. The second kappa shape index (κ2) is 8.48. The van der Waals surface area contributed by atoms with E-state index in [2.05, 4.69) is 31.2 Å². The molecule has 0 aromatic heterocycles. The van der Waals surface area contributed by atoms with E-state index in [1.165, 1.54) is 5.01 Å². The molecule has 1 fully saturated rings. The van der Waals surface area contributed by atoms with Gasteiger partial charge in [0.1, 0.15) is 5.57 Å². The third kappa shape index (κ3) is 4.54. The van der Waals surface area contributed by atoms with Crippen LogP contribution < -0.4 is 15.3 Å². The van der Waals surface area contributed by atoms with Gasteiger partial charge in [-0.05, 0) is 54.3 Å². The van der Waals surface area contributed by atoms with Crippen molar-refractivity contribution in [2.24, 2.45) is 5.92 Å². The van der Waals surface area contributed by atoms with Gasteiger partial charge in [0.2, 0.25) is 0 Å². The number of rotatable bonds is 6. The van der Waals surface area contributed by atoms with E-state index in [4.69, 9.17) is 11.6 Å². The van der Waals surface area contributed by atoms with Crippen LogP contribution in [-0.2, 0) is 9.59 Å². The van der Waals surface area contributed by atoms with Crippen LogP contribution in [0, 0.1) is 5.92 Å². The van der Waals surface area contributed by atoms with Gasteiger partial charge in [-0.2, -0.15) is 0 Å². The highest BCUT2D eigenvalue weighted by atomic mass is 35.5. The van der Waals surface area contributed by atoms with Crippen LogP contribution in [0.2, 0.25) is 5.02 Å². The summed E-state index contributed by atoms with van der Waals surface area (Å²) in [4.78, 5) is 27.2. The number of anilines is 2. The van der Waals surface area contributed by atoms with Crippen molar-refractivity contribution >= 4 is 40.9 Å². The van der Waals surface area contributed by atoms with Crippen LogP contribution in [0.1, 0.15) is 25.8 Å². The molecule has 0 atom stereocenters. The van der Waals surface area contributed by atoms with Crippen molar-refractivity contribution in [1.82, 2.24) is 5.43 Å². The molecule has 5 nitrogen and oxygen atoms in total. The van der Waals surface area contributed by atoms with Crippen molar-refractivity contribution in [3.05, 3.63) is 64.7 Å². The van der Waals surface area contributed by atoms with Crippen LogP contribution in [0.4, 0.5) is 11.4 Å². The maximum Gasteiger partial charge on any atom is 0.282 e. The van der Waals surface area contributed by atoms with Gasteiger partial charge in [-0.3, -0.25) is 15.0 Å². The summed E-state index contributed by atoms with van der Waals surface area (Å²) >= 11 is 5.98. The minimum atomic E-state index is -0.428. The summed E-state index contributed by atoms with van der Waals surface area (Å²) in [6.45, 7) is 5.40. The first-order valence-electron chi connectivity index (χ1n) is 9.29. The highest BCUT2D eigenvalue weighted by Gasteiger charge is 2.34. The van der Waals surface area contributed by atoms with Gasteiger partial charge in [0.15, 0.2) is 0 Å². The number of carbonyl (C=O) groups is 2. The lowest BCUT2D eigenvalue weighted by atomic mass is 10.1. The largest absolute Gasteiger partial charge is 0.375 e. The molecule has 0 unspecified atom stereocenters. The van der Waals surface area contributed by atoms with Crippen LogP contribution in [-0.4, -0.2) is 25.4 Å². The Morgan fingerprint density at radius 1 is 1.14 bits per heavy atom. The van der Waals surface area contributed by atoms with E-state index in [-0.39, 0.29) is 5.57 Å². The number of amides is 2. The first-order chi connectivity index (χ1) is 13.3. The van der Waals surface area contributed by atoms with Gasteiger partial charge in [0, 0.05) is 24.3 Å². The fourth-order valence-corrected chi connectivity index (χ4v) is 3.11. The smallest absolute Gasteiger partial charge is 0.282 e. The predicted octanol–water partition coefficient (Wildman–Crippen LogP) is 4.28. The Balaban J connectivity index is 1.76. The van der Waals surface area contributed by atoms with E-state index < -0.39 is 11.8 Å². The van der Waals surface area contributed by atoms with Crippen LogP contribution in [0.25, 0.3) is 6.08 Å². The third-order valence-electron chi connectivity index (χ3n) is 4.64. The number of halogens is 1. The Morgan fingerprint density at radius 3 is 2.50 bits per heavy atom. The van der Waals surface area contributed by atoms with E-state index in [1.54, 1.807) is 30.3 Å². The SMILES string of the molecule is CC(C)CCN(C)c1ccc(C=C2C(=O)NN(c3cccc(Cl)c3)C2=O)cc1. The lowest BCUT2D eigenvalue weighted by Gasteiger charge is -2.20. The molecule has 2 aromatic carbocycles. The van der Waals surface area contributed by atoms with Gasteiger partial charge in [-0.1, -0.05) is 43.6 Å².